The average molecular weight is 450 g/mol. The molecule has 1 aliphatic carbocycles. The minimum atomic E-state index is -1.15. The molecule has 2 aliphatic rings. The third-order valence-electron chi connectivity index (χ3n) is 6.03. The summed E-state index contributed by atoms with van der Waals surface area (Å²) in [5.74, 6) is 2.40. The summed E-state index contributed by atoms with van der Waals surface area (Å²) in [6.07, 6.45) is 11.5. The predicted octanol–water partition coefficient (Wildman–Crippen LogP) is 2.97. The molecule has 0 unspecified atom stereocenters. The number of aromatic nitrogens is 3. The van der Waals surface area contributed by atoms with Crippen molar-refractivity contribution in [2.45, 2.75) is 55.4 Å². The molecule has 7 nitrogen and oxygen atoms in total. The summed E-state index contributed by atoms with van der Waals surface area (Å²) in [5.41, 5.74) is 0.812. The molecule has 4 rings (SSSR count). The molecule has 0 bridgehead atoms. The zero-order chi connectivity index (χ0) is 21.1. The number of aryl methyl sites for hydroxylation is 2. The van der Waals surface area contributed by atoms with Gasteiger partial charge in [-0.1, -0.05) is 11.6 Å². The third-order valence-corrected chi connectivity index (χ3v) is 7.15. The van der Waals surface area contributed by atoms with Crippen LogP contribution in [0.15, 0.2) is 23.4 Å². The van der Waals surface area contributed by atoms with E-state index in [4.69, 9.17) is 16.6 Å². The van der Waals surface area contributed by atoms with Gasteiger partial charge in [0, 0.05) is 38.2 Å². The van der Waals surface area contributed by atoms with E-state index in [0.717, 1.165) is 80.1 Å². The first-order chi connectivity index (χ1) is 14.5. The van der Waals surface area contributed by atoms with Gasteiger partial charge in [0.15, 0.2) is 0 Å². The third kappa shape index (κ3) is 4.60. The molecule has 162 valence electrons. The minimum absolute atomic E-state index is 0.0619. The highest BCUT2D eigenvalue weighted by Gasteiger charge is 2.37. The van der Waals surface area contributed by atoms with Crippen LogP contribution < -0.4 is 10.2 Å². The molecule has 2 N–H and O–H groups in total. The van der Waals surface area contributed by atoms with Crippen molar-refractivity contribution in [2.24, 2.45) is 0 Å². The molecule has 1 fully saturated rings. The van der Waals surface area contributed by atoms with Crippen molar-refractivity contribution in [3.05, 3.63) is 34.9 Å². The Morgan fingerprint density at radius 1 is 1.30 bits per heavy atom. The lowest BCUT2D eigenvalue weighted by Crippen LogP contribution is -2.48. The number of aliphatic hydroxyl groups excluding tert-OH is 1. The van der Waals surface area contributed by atoms with Crippen molar-refractivity contribution in [3.8, 4) is 0 Å². The number of rotatable bonds is 8. The monoisotopic (exact) mass is 449 g/mol. The fraction of sp³-hybridized carbons (Fsp3) is 0.571. The zero-order valence-corrected chi connectivity index (χ0v) is 18.8. The van der Waals surface area contributed by atoms with Gasteiger partial charge in [0.2, 0.25) is 0 Å². The first-order valence-electron chi connectivity index (χ1n) is 10.5. The van der Waals surface area contributed by atoms with Gasteiger partial charge in [0.25, 0.3) is 0 Å². The van der Waals surface area contributed by atoms with Crippen LogP contribution in [0.1, 0.15) is 43.5 Å². The summed E-state index contributed by atoms with van der Waals surface area (Å²) in [5, 5.41) is 13.8. The molecular weight excluding hydrogens is 422 g/mol. The molecule has 0 amide bonds. The summed E-state index contributed by atoms with van der Waals surface area (Å²) in [4.78, 5) is 16.5. The molecular formula is C21H28ClN5O2S. The van der Waals surface area contributed by atoms with Gasteiger partial charge in [-0.15, -0.1) is 0 Å². The van der Waals surface area contributed by atoms with E-state index in [1.807, 2.05) is 6.07 Å². The quantitative estimate of drug-likeness (QED) is 0.640. The molecule has 0 saturated heterocycles. The molecule has 1 atom stereocenters. The number of halogens is 1. The number of nitrogens with one attached hydrogen (secondary N) is 1. The Bertz CT molecular complexity index is 915. The highest BCUT2D eigenvalue weighted by Crippen LogP contribution is 2.38. The zero-order valence-electron chi connectivity index (χ0n) is 17.2. The maximum absolute atomic E-state index is 12.4. The topological polar surface area (TPSA) is 91.2 Å². The molecule has 2 aromatic heterocycles. The Labute approximate surface area is 184 Å². The lowest BCUT2D eigenvalue weighted by Gasteiger charge is -2.42. The van der Waals surface area contributed by atoms with E-state index >= 15 is 0 Å². The average Bonchev–Trinajstić information content (AvgIpc) is 2.71. The normalized spacial score (nSPS) is 18.4. The maximum Gasteiger partial charge on any atom is 0.145 e. The van der Waals surface area contributed by atoms with Crippen LogP contribution >= 0.6 is 11.6 Å². The van der Waals surface area contributed by atoms with Crippen molar-refractivity contribution in [3.63, 3.8) is 0 Å². The van der Waals surface area contributed by atoms with Crippen molar-refractivity contribution in [2.75, 3.05) is 36.2 Å². The van der Waals surface area contributed by atoms with Crippen LogP contribution in [0.4, 0.5) is 11.6 Å². The van der Waals surface area contributed by atoms with E-state index in [1.54, 1.807) is 18.6 Å². The predicted molar refractivity (Wildman–Crippen MR) is 120 cm³/mol. The van der Waals surface area contributed by atoms with Crippen LogP contribution in [0.3, 0.4) is 0 Å². The van der Waals surface area contributed by atoms with E-state index in [9.17, 15) is 9.32 Å². The summed E-state index contributed by atoms with van der Waals surface area (Å²) < 4.78 is 12.4. The number of aliphatic hydroxyl groups is 1. The SMILES string of the molecule is C[S@@](=O)c1cc2c(nc1NC1(CO)CCC1)N(CCCc1ncc(Cl)cn1)CCC2. The number of hydrogen-bond acceptors (Lipinski definition) is 7. The lowest BCUT2D eigenvalue weighted by atomic mass is 9.77. The van der Waals surface area contributed by atoms with Gasteiger partial charge >= 0.3 is 0 Å². The Morgan fingerprint density at radius 2 is 2.07 bits per heavy atom. The van der Waals surface area contributed by atoms with Crippen molar-refractivity contribution >= 4 is 34.0 Å². The lowest BCUT2D eigenvalue weighted by molar-refractivity contribution is 0.143. The van der Waals surface area contributed by atoms with Crippen LogP contribution in [0.5, 0.6) is 0 Å². The van der Waals surface area contributed by atoms with Crippen LogP contribution in [0, 0.1) is 0 Å². The number of hydrogen-bond donors (Lipinski definition) is 2. The molecule has 9 heteroatoms. The highest BCUT2D eigenvalue weighted by atomic mass is 35.5. The molecule has 3 heterocycles. The van der Waals surface area contributed by atoms with E-state index in [0.29, 0.717) is 10.8 Å². The molecule has 0 radical (unpaired) electrons. The Balaban J connectivity index is 1.53. The number of nitrogens with zero attached hydrogens (tertiary/aromatic N) is 4. The number of fused-ring (bicyclic) bond motifs is 1. The van der Waals surface area contributed by atoms with Gasteiger partial charge in [-0.2, -0.15) is 0 Å². The van der Waals surface area contributed by atoms with Gasteiger partial charge < -0.3 is 15.3 Å². The molecule has 1 aliphatic heterocycles. The summed E-state index contributed by atoms with van der Waals surface area (Å²) in [6.45, 7) is 1.86. The molecule has 1 saturated carbocycles. The molecule has 0 spiro atoms. The van der Waals surface area contributed by atoms with Gasteiger partial charge in [-0.05, 0) is 50.2 Å². The number of pyridine rings is 1. The van der Waals surface area contributed by atoms with Crippen molar-refractivity contribution in [1.82, 2.24) is 15.0 Å². The van der Waals surface area contributed by atoms with E-state index in [-0.39, 0.29) is 12.1 Å². The molecule has 30 heavy (non-hydrogen) atoms. The minimum Gasteiger partial charge on any atom is -0.394 e. The van der Waals surface area contributed by atoms with E-state index in [1.165, 1.54) is 0 Å². The van der Waals surface area contributed by atoms with Crippen LogP contribution in [0.25, 0.3) is 0 Å². The van der Waals surface area contributed by atoms with Crippen molar-refractivity contribution < 1.29 is 9.32 Å². The van der Waals surface area contributed by atoms with Gasteiger partial charge in [0.05, 0.1) is 32.9 Å². The Morgan fingerprint density at radius 3 is 2.70 bits per heavy atom. The van der Waals surface area contributed by atoms with Crippen molar-refractivity contribution in [1.29, 1.82) is 0 Å². The summed E-state index contributed by atoms with van der Waals surface area (Å²) in [6, 6.07) is 2.04. The van der Waals surface area contributed by atoms with Gasteiger partial charge in [-0.3, -0.25) is 4.21 Å². The second kappa shape index (κ2) is 9.16. The maximum atomic E-state index is 12.4. The largest absolute Gasteiger partial charge is 0.394 e. The van der Waals surface area contributed by atoms with Crippen LogP contribution in [-0.4, -0.2) is 55.8 Å². The fourth-order valence-corrected chi connectivity index (χ4v) is 4.92. The standard InChI is InChI=1S/C21H28ClN5O2S/c1-30(29)17-11-15-5-2-9-27(10-3-6-18-23-12-16(22)13-24-18)20(15)25-19(17)26-21(14-28)7-4-8-21/h11-13,28H,2-10,14H2,1H3,(H,25,26)/t30-/m1/s1. The van der Waals surface area contributed by atoms with E-state index < -0.39 is 10.8 Å². The Hall–Kier alpha value is -1.77. The first-order valence-corrected chi connectivity index (χ1v) is 12.4. The number of anilines is 2. The van der Waals surface area contributed by atoms with Crippen LogP contribution in [-0.2, 0) is 23.6 Å². The second-order valence-electron chi connectivity index (χ2n) is 8.20. The molecule has 2 aromatic rings. The summed E-state index contributed by atoms with van der Waals surface area (Å²) >= 11 is 5.86. The van der Waals surface area contributed by atoms with E-state index in [2.05, 4.69) is 20.2 Å². The first kappa shape index (κ1) is 21.5. The summed E-state index contributed by atoms with van der Waals surface area (Å²) in [7, 11) is -1.15. The highest BCUT2D eigenvalue weighted by molar-refractivity contribution is 7.84. The van der Waals surface area contributed by atoms with Crippen LogP contribution in [0.2, 0.25) is 5.02 Å². The molecule has 0 aromatic carbocycles. The van der Waals surface area contributed by atoms with Gasteiger partial charge in [0.1, 0.15) is 17.5 Å². The second-order valence-corrected chi connectivity index (χ2v) is 9.99. The van der Waals surface area contributed by atoms with Gasteiger partial charge in [-0.25, -0.2) is 15.0 Å². The fourth-order valence-electron chi connectivity index (χ4n) is 4.15. The smallest absolute Gasteiger partial charge is 0.145 e. The Kier molecular flexibility index (Phi) is 6.55.